The van der Waals surface area contributed by atoms with Crippen molar-refractivity contribution >= 4 is 23.0 Å². The highest BCUT2D eigenvalue weighted by atomic mass is 19.4. The lowest BCUT2D eigenvalue weighted by molar-refractivity contribution is -0.186. The number of rotatable bonds is 3. The second kappa shape index (κ2) is 8.57. The molecule has 1 amide bonds. The van der Waals surface area contributed by atoms with Crippen LogP contribution in [0, 0.1) is 5.92 Å². The number of aromatic nitrogens is 2. The number of nitrogens with zero attached hydrogens (tertiary/aromatic N) is 3. The maximum Gasteiger partial charge on any atom is 0.416 e. The second-order valence-corrected chi connectivity index (χ2v) is 7.86. The fourth-order valence-corrected chi connectivity index (χ4v) is 3.95. The van der Waals surface area contributed by atoms with Crippen molar-refractivity contribution in [3.63, 3.8) is 0 Å². The Bertz CT molecular complexity index is 1170. The van der Waals surface area contributed by atoms with Crippen molar-refractivity contribution in [2.45, 2.75) is 25.2 Å². The Kier molecular flexibility index (Phi) is 5.94. The van der Waals surface area contributed by atoms with E-state index in [1.807, 2.05) is 0 Å². The summed E-state index contributed by atoms with van der Waals surface area (Å²) in [6.45, 7) is -0.124. The van der Waals surface area contributed by atoms with E-state index in [9.17, 15) is 31.1 Å². The van der Waals surface area contributed by atoms with Gasteiger partial charge >= 0.3 is 12.4 Å². The van der Waals surface area contributed by atoms with Gasteiger partial charge in [-0.25, -0.2) is 4.98 Å². The van der Waals surface area contributed by atoms with E-state index in [1.54, 1.807) is 34.9 Å². The molecule has 0 atom stereocenters. The predicted octanol–water partition coefficient (Wildman–Crippen LogP) is 5.86. The van der Waals surface area contributed by atoms with Gasteiger partial charge < -0.3 is 4.90 Å². The van der Waals surface area contributed by atoms with Crippen LogP contribution in [0.2, 0.25) is 0 Å². The molecule has 0 N–H and O–H groups in total. The Morgan fingerprint density at radius 3 is 2.27 bits per heavy atom. The van der Waals surface area contributed by atoms with Gasteiger partial charge in [-0.05, 0) is 43.2 Å². The number of carbonyl (C=O) groups excluding carboxylic acids is 1. The molecule has 10 heteroatoms. The predicted molar refractivity (Wildman–Crippen MR) is 110 cm³/mol. The normalized spacial score (nSPS) is 16.1. The fourth-order valence-electron chi connectivity index (χ4n) is 3.95. The van der Waals surface area contributed by atoms with Crippen molar-refractivity contribution in [3.8, 4) is 5.69 Å². The molecule has 1 aliphatic heterocycles. The number of likely N-dealkylation sites (tertiary alicyclic amines) is 1. The lowest BCUT2D eigenvalue weighted by Crippen LogP contribution is -2.41. The zero-order chi connectivity index (χ0) is 23.8. The molecule has 1 fully saturated rings. The lowest BCUT2D eigenvalue weighted by atomic mass is 9.96. The molecule has 1 aromatic heterocycles. The summed E-state index contributed by atoms with van der Waals surface area (Å²) in [7, 11) is 0. The zero-order valence-corrected chi connectivity index (χ0v) is 17.2. The number of hydrogen-bond donors (Lipinski definition) is 0. The number of benzene rings is 2. The van der Waals surface area contributed by atoms with Crippen LogP contribution in [0.25, 0.3) is 22.8 Å². The highest BCUT2D eigenvalue weighted by Crippen LogP contribution is 2.35. The maximum atomic E-state index is 13.4. The zero-order valence-electron chi connectivity index (χ0n) is 17.2. The van der Waals surface area contributed by atoms with E-state index in [-0.39, 0.29) is 37.0 Å². The first kappa shape index (κ1) is 22.9. The molecule has 0 saturated carbocycles. The van der Waals surface area contributed by atoms with Gasteiger partial charge in [0.1, 0.15) is 6.33 Å². The summed E-state index contributed by atoms with van der Waals surface area (Å²) < 4.78 is 80.4. The van der Waals surface area contributed by atoms with E-state index >= 15 is 0 Å². The van der Waals surface area contributed by atoms with E-state index < -0.39 is 29.7 Å². The molecule has 0 bridgehead atoms. The quantitative estimate of drug-likeness (QED) is 0.358. The van der Waals surface area contributed by atoms with Crippen molar-refractivity contribution in [1.82, 2.24) is 14.5 Å². The van der Waals surface area contributed by atoms with E-state index in [2.05, 4.69) is 4.98 Å². The number of alkyl halides is 6. The van der Waals surface area contributed by atoms with Crippen molar-refractivity contribution in [3.05, 3.63) is 66.0 Å². The number of para-hydroxylation sites is 1. The van der Waals surface area contributed by atoms with Gasteiger partial charge in [-0.2, -0.15) is 26.3 Å². The van der Waals surface area contributed by atoms with Crippen LogP contribution in [-0.2, 0) is 11.0 Å². The molecule has 4 nitrogen and oxygen atoms in total. The molecule has 3 aromatic rings. The molecule has 2 heterocycles. The maximum absolute atomic E-state index is 13.4. The van der Waals surface area contributed by atoms with Gasteiger partial charge in [0.05, 0.1) is 22.5 Å². The molecular weight excluding hydrogens is 448 g/mol. The second-order valence-electron chi connectivity index (χ2n) is 7.86. The van der Waals surface area contributed by atoms with Crippen LogP contribution in [-0.4, -0.2) is 39.6 Å². The average molecular weight is 467 g/mol. The minimum atomic E-state index is -4.61. The average Bonchev–Trinajstić information content (AvgIpc) is 3.21. The Labute approximate surface area is 185 Å². The molecule has 1 saturated heterocycles. The summed E-state index contributed by atoms with van der Waals surface area (Å²) >= 11 is 0. The van der Waals surface area contributed by atoms with E-state index in [1.165, 1.54) is 17.3 Å². The van der Waals surface area contributed by atoms with Crippen molar-refractivity contribution in [2.24, 2.45) is 5.92 Å². The molecule has 4 rings (SSSR count). The first-order valence-corrected chi connectivity index (χ1v) is 10.2. The Balaban J connectivity index is 1.66. The fraction of sp³-hybridized carbons (Fsp3) is 0.304. The number of piperidine rings is 1. The monoisotopic (exact) mass is 467 g/mol. The molecule has 2 aromatic carbocycles. The molecule has 0 aliphatic carbocycles. The van der Waals surface area contributed by atoms with Crippen LogP contribution in [0.5, 0.6) is 0 Å². The van der Waals surface area contributed by atoms with E-state index in [4.69, 9.17) is 0 Å². The van der Waals surface area contributed by atoms with E-state index in [0.29, 0.717) is 11.2 Å². The van der Waals surface area contributed by atoms with Crippen molar-refractivity contribution < 1.29 is 31.1 Å². The van der Waals surface area contributed by atoms with Gasteiger partial charge in [-0.15, -0.1) is 0 Å². The van der Waals surface area contributed by atoms with Gasteiger partial charge in [-0.1, -0.05) is 18.2 Å². The summed E-state index contributed by atoms with van der Waals surface area (Å²) in [4.78, 5) is 17.9. The van der Waals surface area contributed by atoms with Crippen LogP contribution >= 0.6 is 0 Å². The highest BCUT2D eigenvalue weighted by Gasteiger charge is 2.41. The summed E-state index contributed by atoms with van der Waals surface area (Å²) in [6, 6.07) is 10.7. The van der Waals surface area contributed by atoms with E-state index in [0.717, 1.165) is 18.2 Å². The third kappa shape index (κ3) is 4.89. The van der Waals surface area contributed by atoms with Crippen LogP contribution in [0.1, 0.15) is 24.0 Å². The minimum absolute atomic E-state index is 0.0622. The van der Waals surface area contributed by atoms with Gasteiger partial charge in [-0.3, -0.25) is 9.36 Å². The molecule has 0 unspecified atom stereocenters. The van der Waals surface area contributed by atoms with Gasteiger partial charge in [0.15, 0.2) is 0 Å². The Hall–Kier alpha value is -3.30. The molecule has 33 heavy (non-hydrogen) atoms. The van der Waals surface area contributed by atoms with Gasteiger partial charge in [0, 0.05) is 30.4 Å². The first-order chi connectivity index (χ1) is 15.5. The van der Waals surface area contributed by atoms with Gasteiger partial charge in [0.2, 0.25) is 5.91 Å². The first-order valence-electron chi connectivity index (χ1n) is 10.2. The number of halogens is 6. The van der Waals surface area contributed by atoms with Crippen molar-refractivity contribution in [2.75, 3.05) is 13.1 Å². The number of fused-ring (bicyclic) bond motifs is 1. The van der Waals surface area contributed by atoms with Crippen LogP contribution < -0.4 is 0 Å². The van der Waals surface area contributed by atoms with Crippen LogP contribution in [0.3, 0.4) is 0 Å². The van der Waals surface area contributed by atoms with Crippen molar-refractivity contribution in [1.29, 1.82) is 0 Å². The third-order valence-electron chi connectivity index (χ3n) is 5.71. The topological polar surface area (TPSA) is 38.1 Å². The minimum Gasteiger partial charge on any atom is -0.339 e. The molecule has 0 spiro atoms. The number of carbonyl (C=O) groups is 1. The third-order valence-corrected chi connectivity index (χ3v) is 5.71. The number of imidazole rings is 1. The molecule has 1 aliphatic rings. The Morgan fingerprint density at radius 1 is 1.00 bits per heavy atom. The molecule has 174 valence electrons. The standard InChI is InChI=1S/C23H19F6N3O/c24-22(25,26)16-8-10-31(11-9-16)20(33)7-6-15-12-17(23(27,28)29)13-19-21(15)32(14-30-19)18-4-2-1-3-5-18/h1-7,12-14,16H,8-11H2. The smallest absolute Gasteiger partial charge is 0.339 e. The summed E-state index contributed by atoms with van der Waals surface area (Å²) in [5, 5.41) is 0. The summed E-state index contributed by atoms with van der Waals surface area (Å²) in [5.41, 5.74) is 0.377. The Morgan fingerprint density at radius 2 is 1.67 bits per heavy atom. The SMILES string of the molecule is O=C(C=Cc1cc(C(F)(F)F)cc2ncn(-c3ccccc3)c12)N1CCC(C(F)(F)F)CC1. The largest absolute Gasteiger partial charge is 0.416 e. The molecule has 0 radical (unpaired) electrons. The lowest BCUT2D eigenvalue weighted by Gasteiger charge is -2.32. The van der Waals surface area contributed by atoms with Crippen LogP contribution in [0.4, 0.5) is 26.3 Å². The summed E-state index contributed by atoms with van der Waals surface area (Å²) in [6.07, 6.45) is -5.54. The van der Waals surface area contributed by atoms with Gasteiger partial charge in [0.25, 0.3) is 0 Å². The highest BCUT2D eigenvalue weighted by molar-refractivity contribution is 5.95. The van der Waals surface area contributed by atoms with Crippen LogP contribution in [0.15, 0.2) is 54.9 Å². The number of hydrogen-bond acceptors (Lipinski definition) is 2. The summed E-state index contributed by atoms with van der Waals surface area (Å²) in [5.74, 6) is -2.00. The molecular formula is C23H19F6N3O. The number of amides is 1.